The number of hydrogen-bond acceptors (Lipinski definition) is 5. The molecule has 0 fully saturated rings. The summed E-state index contributed by atoms with van der Waals surface area (Å²) in [5.74, 6) is -1.73. The molecule has 1 N–H and O–H groups in total. The fourth-order valence-corrected chi connectivity index (χ4v) is 4.42. The van der Waals surface area contributed by atoms with Crippen molar-refractivity contribution in [2.24, 2.45) is 7.05 Å². The number of aryl methyl sites for hydroxylation is 1. The Balaban J connectivity index is 1.88. The highest BCUT2D eigenvalue weighted by molar-refractivity contribution is 6.05. The Morgan fingerprint density at radius 2 is 2.06 bits per heavy atom. The van der Waals surface area contributed by atoms with Crippen LogP contribution in [0, 0.1) is 11.6 Å². The molecule has 4 aromatic rings. The van der Waals surface area contributed by atoms with Crippen LogP contribution in [0.25, 0.3) is 22.0 Å². The van der Waals surface area contributed by atoms with Crippen LogP contribution in [0.2, 0.25) is 0 Å². The third-order valence-corrected chi connectivity index (χ3v) is 5.85. The molecule has 0 spiro atoms. The van der Waals surface area contributed by atoms with E-state index in [4.69, 9.17) is 7.98 Å². The Morgan fingerprint density at radius 3 is 2.76 bits per heavy atom. The number of carbonyl (C=O) groups excluding carboxylic acids is 1. The predicted molar refractivity (Wildman–Crippen MR) is 122 cm³/mol. The molecule has 2 radical (unpaired) electrons. The molecular weight excluding hydrogens is 427 g/mol. The molecule has 33 heavy (non-hydrogen) atoms. The second-order valence-corrected chi connectivity index (χ2v) is 8.17. The Morgan fingerprint density at radius 1 is 1.27 bits per heavy atom. The smallest absolute Gasteiger partial charge is 0.274 e. The maximum Gasteiger partial charge on any atom is 0.274 e. The lowest BCUT2D eigenvalue weighted by molar-refractivity contribution is 0.112. The molecule has 0 aliphatic carbocycles. The van der Waals surface area contributed by atoms with Crippen molar-refractivity contribution in [2.45, 2.75) is 13.1 Å². The molecule has 10 heteroatoms. The molecule has 1 aromatic carbocycles. The van der Waals surface area contributed by atoms with Crippen molar-refractivity contribution in [3.8, 4) is 11.1 Å². The molecule has 164 valence electrons. The van der Waals surface area contributed by atoms with Crippen LogP contribution in [0.3, 0.4) is 0 Å². The number of aromatic nitrogens is 3. The van der Waals surface area contributed by atoms with Gasteiger partial charge in [-0.3, -0.25) is 9.59 Å². The van der Waals surface area contributed by atoms with Crippen LogP contribution in [-0.4, -0.2) is 40.7 Å². The number of pyridine rings is 2. The molecule has 0 saturated carbocycles. The molecule has 1 aliphatic rings. The zero-order valence-electron chi connectivity index (χ0n) is 17.9. The van der Waals surface area contributed by atoms with Crippen LogP contribution in [-0.2, 0) is 20.1 Å². The van der Waals surface area contributed by atoms with Crippen LogP contribution in [0.4, 0.5) is 20.3 Å². The first kappa shape index (κ1) is 21.1. The summed E-state index contributed by atoms with van der Waals surface area (Å²) in [5, 5.41) is 0.704. The van der Waals surface area contributed by atoms with E-state index in [2.05, 4.69) is 9.97 Å². The summed E-state index contributed by atoms with van der Waals surface area (Å²) in [7, 11) is 9.18. The van der Waals surface area contributed by atoms with Gasteiger partial charge in [-0.25, -0.2) is 13.8 Å². The summed E-state index contributed by atoms with van der Waals surface area (Å²) in [6.45, 7) is 0.441. The normalized spacial score (nSPS) is 12.8. The van der Waals surface area contributed by atoms with Gasteiger partial charge < -0.3 is 19.3 Å². The highest BCUT2D eigenvalue weighted by atomic mass is 19.1. The molecule has 1 aliphatic heterocycles. The van der Waals surface area contributed by atoms with E-state index in [-0.39, 0.29) is 17.9 Å². The Hall–Kier alpha value is -3.79. The van der Waals surface area contributed by atoms with Gasteiger partial charge in [0.15, 0.2) is 19.6 Å². The maximum absolute atomic E-state index is 14.9. The first-order chi connectivity index (χ1) is 15.8. The van der Waals surface area contributed by atoms with E-state index in [9.17, 15) is 18.4 Å². The van der Waals surface area contributed by atoms with Crippen molar-refractivity contribution in [3.63, 3.8) is 0 Å². The molecule has 0 bridgehead atoms. The van der Waals surface area contributed by atoms with Gasteiger partial charge in [-0.05, 0) is 30.3 Å². The summed E-state index contributed by atoms with van der Waals surface area (Å²) in [6, 6.07) is 4.23. The van der Waals surface area contributed by atoms with E-state index in [1.165, 1.54) is 9.38 Å². The van der Waals surface area contributed by atoms with Crippen LogP contribution in [0.15, 0.2) is 41.6 Å². The van der Waals surface area contributed by atoms with Crippen LogP contribution < -0.4 is 10.5 Å². The number of benzene rings is 1. The van der Waals surface area contributed by atoms with Gasteiger partial charge in [0.05, 0.1) is 18.4 Å². The van der Waals surface area contributed by atoms with E-state index in [0.717, 1.165) is 23.4 Å². The van der Waals surface area contributed by atoms with E-state index < -0.39 is 11.6 Å². The van der Waals surface area contributed by atoms with Gasteiger partial charge in [0.25, 0.3) is 5.56 Å². The third kappa shape index (κ3) is 3.34. The molecule has 4 heterocycles. The van der Waals surface area contributed by atoms with Crippen LogP contribution >= 0.6 is 0 Å². The maximum atomic E-state index is 14.9. The first-order valence-corrected chi connectivity index (χ1v) is 10.1. The fourth-order valence-electron chi connectivity index (χ4n) is 4.42. The van der Waals surface area contributed by atoms with E-state index in [1.807, 2.05) is 6.07 Å². The number of hydrogen-bond donors (Lipinski definition) is 1. The number of rotatable bonds is 4. The van der Waals surface area contributed by atoms with Gasteiger partial charge in [-0.2, -0.15) is 0 Å². The van der Waals surface area contributed by atoms with Gasteiger partial charge in [-0.15, -0.1) is 0 Å². The predicted octanol–water partition coefficient (Wildman–Crippen LogP) is 3.19. The largest absolute Gasteiger partial charge is 0.356 e. The van der Waals surface area contributed by atoms with Crippen LogP contribution in [0.5, 0.6) is 0 Å². The van der Waals surface area contributed by atoms with Crippen molar-refractivity contribution < 1.29 is 13.6 Å². The summed E-state index contributed by atoms with van der Waals surface area (Å²) in [5.41, 5.74) is 3.92. The average Bonchev–Trinajstić information content (AvgIpc) is 3.13. The highest BCUT2D eigenvalue weighted by Gasteiger charge is 2.28. The fraction of sp³-hybridized carbons (Fsp3) is 0.174. The zero-order chi connectivity index (χ0) is 23.4. The lowest BCUT2D eigenvalue weighted by Crippen LogP contribution is -2.20. The summed E-state index contributed by atoms with van der Waals surface area (Å²) >= 11 is 0. The number of nitrogens with one attached hydrogen (secondary N) is 1. The highest BCUT2D eigenvalue weighted by Crippen LogP contribution is 2.44. The SMILES string of the molecule is [B]N(C)Cc1cc2c(cc1C=O)N(c1ncc(F)cc1F)Cc1c[nH]c3c(=O)n(C)cc-2c13. The minimum atomic E-state index is -0.841. The third-order valence-electron chi connectivity index (χ3n) is 5.85. The lowest BCUT2D eigenvalue weighted by atomic mass is 9.95. The molecule has 3 aromatic heterocycles. The average molecular weight is 445 g/mol. The van der Waals surface area contributed by atoms with Crippen molar-refractivity contribution in [1.82, 2.24) is 19.3 Å². The van der Waals surface area contributed by atoms with Crippen molar-refractivity contribution >= 4 is 36.7 Å². The van der Waals surface area contributed by atoms with Gasteiger partial charge in [-0.1, -0.05) is 0 Å². The Kier molecular flexibility index (Phi) is 4.90. The second-order valence-electron chi connectivity index (χ2n) is 8.17. The minimum Gasteiger partial charge on any atom is -0.356 e. The van der Waals surface area contributed by atoms with E-state index in [1.54, 1.807) is 37.5 Å². The summed E-state index contributed by atoms with van der Waals surface area (Å²) in [4.78, 5) is 34.7. The lowest BCUT2D eigenvalue weighted by Gasteiger charge is -2.26. The Labute approximate surface area is 188 Å². The van der Waals surface area contributed by atoms with Crippen molar-refractivity contribution in [1.29, 1.82) is 0 Å². The van der Waals surface area contributed by atoms with E-state index in [0.29, 0.717) is 46.1 Å². The number of nitrogens with zero attached hydrogens (tertiary/aromatic N) is 4. The molecule has 0 atom stereocenters. The number of aldehydes is 1. The van der Waals surface area contributed by atoms with Crippen molar-refractivity contribution in [3.05, 3.63) is 75.5 Å². The standard InChI is InChI=1S/C23H18BF2N5O2/c1-29-10-17-16-3-12(8-30(2)24)13(11-32)4-19(16)31(22-18(26)5-15(25)7-28-22)9-14-6-27-21(20(14)17)23(29)33/h3-7,10-11,27H,8-9H2,1-2H3. The van der Waals surface area contributed by atoms with Gasteiger partial charge in [0.2, 0.25) is 0 Å². The van der Waals surface area contributed by atoms with Gasteiger partial charge in [0.1, 0.15) is 17.6 Å². The number of halogens is 2. The molecule has 0 saturated heterocycles. The topological polar surface area (TPSA) is 74.2 Å². The minimum absolute atomic E-state index is 0.0907. The molecule has 0 amide bonds. The number of fused-ring (bicyclic) bond motifs is 2. The molecular formula is C23H18BF2N5O2. The number of aromatic amines is 1. The monoisotopic (exact) mass is 445 g/mol. The number of anilines is 2. The number of H-pyrrole nitrogens is 1. The van der Waals surface area contributed by atoms with Gasteiger partial charge >= 0.3 is 0 Å². The molecule has 5 rings (SSSR count). The summed E-state index contributed by atoms with van der Waals surface area (Å²) < 4.78 is 29.9. The number of carbonyl (C=O) groups is 1. The summed E-state index contributed by atoms with van der Waals surface area (Å²) in [6.07, 6.45) is 5.07. The first-order valence-electron chi connectivity index (χ1n) is 10.1. The van der Waals surface area contributed by atoms with E-state index >= 15 is 0 Å². The molecule has 7 nitrogen and oxygen atoms in total. The van der Waals surface area contributed by atoms with Crippen molar-refractivity contribution in [2.75, 3.05) is 11.9 Å². The zero-order valence-corrected chi connectivity index (χ0v) is 17.9. The van der Waals surface area contributed by atoms with Crippen LogP contribution in [0.1, 0.15) is 21.5 Å². The second kappa shape index (κ2) is 7.66. The quantitative estimate of drug-likeness (QED) is 0.386. The Bertz CT molecular complexity index is 1490. The van der Waals surface area contributed by atoms with Gasteiger partial charge in [0, 0.05) is 54.1 Å². The molecule has 0 unspecified atom stereocenters.